The third-order valence-electron chi connectivity index (χ3n) is 8.23. The Bertz CT molecular complexity index is 1680. The summed E-state index contributed by atoms with van der Waals surface area (Å²) in [5.74, 6) is 0.148. The van der Waals surface area contributed by atoms with Gasteiger partial charge in [0.25, 0.3) is 0 Å². The Labute approximate surface area is 241 Å². The maximum Gasteiger partial charge on any atom is 0.165 e. The van der Waals surface area contributed by atoms with Crippen molar-refractivity contribution < 1.29 is 4.79 Å². The SMILES string of the molecule is Cc1c(CCC(=O)c2cn(C(C)C)c3ccccc23)ncn1C(c1ccccc1)(c1ccccc1)c1ccccc1. The minimum atomic E-state index is -0.617. The van der Waals surface area contributed by atoms with Crippen molar-refractivity contribution in [2.45, 2.75) is 45.2 Å². The molecule has 0 bridgehead atoms. The summed E-state index contributed by atoms with van der Waals surface area (Å²) in [5.41, 5.74) is 6.74. The molecule has 4 aromatic carbocycles. The summed E-state index contributed by atoms with van der Waals surface area (Å²) in [5, 5.41) is 1.02. The van der Waals surface area contributed by atoms with E-state index in [0.29, 0.717) is 12.8 Å². The lowest BCUT2D eigenvalue weighted by atomic mass is 9.76. The minimum Gasteiger partial charge on any atom is -0.344 e. The van der Waals surface area contributed by atoms with E-state index >= 15 is 0 Å². The standard InChI is InChI=1S/C37H35N3O/c1-27(2)39-25-33(32-21-13-14-22-35(32)39)36(41)24-23-34-28(3)40(26-38-34)37(29-15-7-4-8-16-29,30-17-9-5-10-18-30)31-19-11-6-12-20-31/h4-22,25-27H,23-24H2,1-3H3. The van der Waals surface area contributed by atoms with Gasteiger partial charge in [-0.3, -0.25) is 4.79 Å². The molecule has 0 aliphatic rings. The van der Waals surface area contributed by atoms with Gasteiger partial charge < -0.3 is 9.13 Å². The van der Waals surface area contributed by atoms with Crippen molar-refractivity contribution in [2.75, 3.05) is 0 Å². The molecule has 0 saturated carbocycles. The molecule has 4 nitrogen and oxygen atoms in total. The van der Waals surface area contributed by atoms with Gasteiger partial charge in [0.1, 0.15) is 5.54 Å². The molecule has 6 aromatic rings. The topological polar surface area (TPSA) is 39.8 Å². The zero-order chi connectivity index (χ0) is 28.4. The van der Waals surface area contributed by atoms with Gasteiger partial charge >= 0.3 is 0 Å². The first kappa shape index (κ1) is 26.5. The van der Waals surface area contributed by atoms with E-state index in [4.69, 9.17) is 4.98 Å². The van der Waals surface area contributed by atoms with Gasteiger partial charge in [-0.15, -0.1) is 0 Å². The summed E-state index contributed by atoms with van der Waals surface area (Å²) in [6.07, 6.45) is 4.95. The molecule has 0 aliphatic carbocycles. The molecule has 2 heterocycles. The molecule has 0 aliphatic heterocycles. The molecule has 2 aromatic heterocycles. The first-order valence-electron chi connectivity index (χ1n) is 14.3. The van der Waals surface area contributed by atoms with Crippen molar-refractivity contribution in [1.82, 2.24) is 14.1 Å². The molecule has 0 radical (unpaired) electrons. The Kier molecular flexibility index (Phi) is 7.15. The van der Waals surface area contributed by atoms with Crippen LogP contribution in [0, 0.1) is 6.92 Å². The van der Waals surface area contributed by atoms with Gasteiger partial charge in [-0.05, 0) is 49.9 Å². The van der Waals surface area contributed by atoms with Crippen LogP contribution in [0.3, 0.4) is 0 Å². The lowest BCUT2D eigenvalue weighted by molar-refractivity contribution is 0.0984. The third kappa shape index (κ3) is 4.59. The van der Waals surface area contributed by atoms with Crippen molar-refractivity contribution >= 4 is 16.7 Å². The second-order valence-corrected chi connectivity index (χ2v) is 10.9. The Hall–Kier alpha value is -4.70. The van der Waals surface area contributed by atoms with Crippen LogP contribution in [-0.4, -0.2) is 19.9 Å². The number of rotatable bonds is 9. The lowest BCUT2D eigenvalue weighted by Crippen LogP contribution is -2.38. The fourth-order valence-electron chi connectivity index (χ4n) is 6.21. The third-order valence-corrected chi connectivity index (χ3v) is 8.23. The van der Waals surface area contributed by atoms with E-state index in [0.717, 1.165) is 44.5 Å². The number of hydrogen-bond donors (Lipinski definition) is 0. The van der Waals surface area contributed by atoms with Crippen LogP contribution in [0.4, 0.5) is 0 Å². The first-order chi connectivity index (χ1) is 20.0. The second kappa shape index (κ2) is 11.1. The number of benzene rings is 4. The molecular formula is C37H35N3O. The number of carbonyl (C=O) groups excluding carboxylic acids is 1. The summed E-state index contributed by atoms with van der Waals surface area (Å²) >= 11 is 0. The van der Waals surface area contributed by atoms with E-state index in [-0.39, 0.29) is 11.8 Å². The highest BCUT2D eigenvalue weighted by atomic mass is 16.1. The van der Waals surface area contributed by atoms with Crippen LogP contribution >= 0.6 is 0 Å². The van der Waals surface area contributed by atoms with Crippen LogP contribution in [0.1, 0.15) is 64.7 Å². The van der Waals surface area contributed by atoms with Crippen molar-refractivity contribution in [2.24, 2.45) is 0 Å². The summed E-state index contributed by atoms with van der Waals surface area (Å²) < 4.78 is 4.48. The molecule has 0 saturated heterocycles. The molecule has 0 unspecified atom stereocenters. The summed E-state index contributed by atoms with van der Waals surface area (Å²) in [6.45, 7) is 6.42. The quantitative estimate of drug-likeness (QED) is 0.137. The molecule has 6 rings (SSSR count). The van der Waals surface area contributed by atoms with E-state index in [9.17, 15) is 4.79 Å². The average Bonchev–Trinajstić information content (AvgIpc) is 3.59. The van der Waals surface area contributed by atoms with Gasteiger partial charge in [-0.25, -0.2) is 4.98 Å². The van der Waals surface area contributed by atoms with E-state index in [1.54, 1.807) is 0 Å². The number of para-hydroxylation sites is 1. The summed E-state index contributed by atoms with van der Waals surface area (Å²) in [7, 11) is 0. The minimum absolute atomic E-state index is 0.148. The van der Waals surface area contributed by atoms with Gasteiger partial charge in [0.2, 0.25) is 0 Å². The van der Waals surface area contributed by atoms with Gasteiger partial charge in [-0.1, -0.05) is 109 Å². The molecule has 0 atom stereocenters. The molecule has 204 valence electrons. The molecular weight excluding hydrogens is 502 g/mol. The Morgan fingerprint density at radius 2 is 1.27 bits per heavy atom. The maximum absolute atomic E-state index is 13.6. The van der Waals surface area contributed by atoms with Crippen LogP contribution in [0.25, 0.3) is 10.9 Å². The van der Waals surface area contributed by atoms with Crippen molar-refractivity contribution in [1.29, 1.82) is 0 Å². The zero-order valence-corrected chi connectivity index (χ0v) is 23.9. The molecule has 4 heteroatoms. The predicted molar refractivity (Wildman–Crippen MR) is 167 cm³/mol. The van der Waals surface area contributed by atoms with Gasteiger partial charge in [0.05, 0.1) is 12.0 Å². The Morgan fingerprint density at radius 1 is 0.756 bits per heavy atom. The van der Waals surface area contributed by atoms with E-state index in [1.165, 1.54) is 0 Å². The highest BCUT2D eigenvalue weighted by Crippen LogP contribution is 2.42. The van der Waals surface area contributed by atoms with E-state index < -0.39 is 5.54 Å². The highest BCUT2D eigenvalue weighted by Gasteiger charge is 2.39. The summed E-state index contributed by atoms with van der Waals surface area (Å²) in [6, 6.07) is 40.3. The number of nitrogens with zero attached hydrogens (tertiary/aromatic N) is 3. The monoisotopic (exact) mass is 537 g/mol. The number of aryl methyl sites for hydroxylation is 1. The molecule has 41 heavy (non-hydrogen) atoms. The molecule has 0 N–H and O–H groups in total. The van der Waals surface area contributed by atoms with E-state index in [2.05, 4.69) is 133 Å². The van der Waals surface area contributed by atoms with Gasteiger partial charge in [0.15, 0.2) is 5.78 Å². The number of Topliss-reactive ketones (excluding diaryl/α,β-unsaturated/α-hetero) is 1. The maximum atomic E-state index is 13.6. The number of ketones is 1. The van der Waals surface area contributed by atoms with Crippen LogP contribution in [-0.2, 0) is 12.0 Å². The highest BCUT2D eigenvalue weighted by molar-refractivity contribution is 6.08. The Balaban J connectivity index is 1.41. The number of hydrogen-bond acceptors (Lipinski definition) is 2. The van der Waals surface area contributed by atoms with Crippen molar-refractivity contribution in [3.8, 4) is 0 Å². The van der Waals surface area contributed by atoms with Crippen LogP contribution in [0.2, 0.25) is 0 Å². The van der Waals surface area contributed by atoms with Crippen LogP contribution < -0.4 is 0 Å². The number of carbonyl (C=O) groups is 1. The fraction of sp³-hybridized carbons (Fsp3) is 0.189. The van der Waals surface area contributed by atoms with Crippen molar-refractivity contribution in [3.05, 3.63) is 161 Å². The van der Waals surface area contributed by atoms with E-state index in [1.807, 2.05) is 24.7 Å². The first-order valence-corrected chi connectivity index (χ1v) is 14.3. The lowest BCUT2D eigenvalue weighted by Gasteiger charge is -2.38. The number of aromatic nitrogens is 3. The van der Waals surface area contributed by atoms with Crippen LogP contribution in [0.15, 0.2) is 128 Å². The fourth-order valence-corrected chi connectivity index (χ4v) is 6.21. The van der Waals surface area contributed by atoms with Gasteiger partial charge in [-0.2, -0.15) is 0 Å². The largest absolute Gasteiger partial charge is 0.344 e. The Morgan fingerprint density at radius 3 is 1.80 bits per heavy atom. The van der Waals surface area contributed by atoms with Crippen LogP contribution in [0.5, 0.6) is 0 Å². The smallest absolute Gasteiger partial charge is 0.165 e. The number of imidazole rings is 1. The molecule has 0 amide bonds. The van der Waals surface area contributed by atoms with Gasteiger partial charge in [0, 0.05) is 40.8 Å². The molecule has 0 fully saturated rings. The summed E-state index contributed by atoms with van der Waals surface area (Å²) in [4.78, 5) is 18.5. The normalized spacial score (nSPS) is 11.8. The second-order valence-electron chi connectivity index (χ2n) is 10.9. The zero-order valence-electron chi connectivity index (χ0n) is 23.9. The van der Waals surface area contributed by atoms with Crippen molar-refractivity contribution in [3.63, 3.8) is 0 Å². The average molecular weight is 538 g/mol. The predicted octanol–water partition coefficient (Wildman–Crippen LogP) is 8.38. The number of fused-ring (bicyclic) bond motifs is 1. The molecule has 0 spiro atoms.